The molecule has 3 amide bonds. The van der Waals surface area contributed by atoms with Gasteiger partial charge in [-0.1, -0.05) is 68.6 Å². The molecule has 2 aromatic rings. The second-order valence-electron chi connectivity index (χ2n) is 10.9. The zero-order chi connectivity index (χ0) is 29.3. The molecule has 210 valence electrons. The van der Waals surface area contributed by atoms with Gasteiger partial charge in [0, 0.05) is 12.1 Å². The van der Waals surface area contributed by atoms with Crippen LogP contribution in [0.5, 0.6) is 0 Å². The predicted octanol–water partition coefficient (Wildman–Crippen LogP) is 6.49. The fourth-order valence-corrected chi connectivity index (χ4v) is 4.52. The Morgan fingerprint density at radius 3 is 2.33 bits per heavy atom. The molecule has 0 saturated carbocycles. The normalized spacial score (nSPS) is 12.7. The summed E-state index contributed by atoms with van der Waals surface area (Å²) in [6.07, 6.45) is 6.03. The number of halogens is 1. The van der Waals surface area contributed by atoms with Crippen molar-refractivity contribution in [3.05, 3.63) is 64.2 Å². The molecule has 0 aliphatic carbocycles. The molecule has 0 bridgehead atoms. The van der Waals surface area contributed by atoms with Gasteiger partial charge in [-0.15, -0.1) is 6.42 Å². The molecule has 2 unspecified atom stereocenters. The highest BCUT2D eigenvalue weighted by Crippen LogP contribution is 2.31. The molecule has 0 fully saturated rings. The maximum atomic E-state index is 14.2. The second-order valence-corrected chi connectivity index (χ2v) is 11.3. The van der Waals surface area contributed by atoms with Crippen molar-refractivity contribution in [2.24, 2.45) is 5.92 Å². The summed E-state index contributed by atoms with van der Waals surface area (Å²) in [5.74, 6) is 1.85. The van der Waals surface area contributed by atoms with Crippen molar-refractivity contribution in [3.63, 3.8) is 0 Å². The Kier molecular flexibility index (Phi) is 11.4. The number of alkyl carbamates (subject to hydrolysis) is 1. The molecule has 0 aliphatic rings. The van der Waals surface area contributed by atoms with Gasteiger partial charge in [-0.3, -0.25) is 9.59 Å². The lowest BCUT2D eigenvalue weighted by molar-refractivity contribution is -0.141. The quantitative estimate of drug-likeness (QED) is 0.329. The van der Waals surface area contributed by atoms with Gasteiger partial charge in [0.2, 0.25) is 5.91 Å². The monoisotopic (exact) mass is 553 g/mol. The molecule has 39 heavy (non-hydrogen) atoms. The average Bonchev–Trinajstić information content (AvgIpc) is 2.84. The van der Waals surface area contributed by atoms with Gasteiger partial charge >= 0.3 is 6.09 Å². The Bertz CT molecular complexity index is 1190. The fraction of sp³-hybridized carbons (Fsp3) is 0.452. The van der Waals surface area contributed by atoms with E-state index in [0.717, 1.165) is 5.56 Å². The Hall–Kier alpha value is -3.50. The van der Waals surface area contributed by atoms with E-state index in [-0.39, 0.29) is 12.5 Å². The standard InChI is InChI=1S/C31H40ClN3O4/c1-9-18-35(29(37)25(19-20(3)4)33-30(38)39-31(6,7)8)27(23-16-12-11-15-22(23)10-2)28(36)34-26-21(5)14-13-17-24(26)32/h2,11-17,20,25,27H,9,18-19H2,1,3-8H3,(H,33,38)(H,34,36). The summed E-state index contributed by atoms with van der Waals surface area (Å²) in [6, 6.07) is 10.4. The summed E-state index contributed by atoms with van der Waals surface area (Å²) in [5.41, 5.74) is 1.49. The number of hydrogen-bond donors (Lipinski definition) is 2. The van der Waals surface area contributed by atoms with Gasteiger partial charge in [-0.2, -0.15) is 0 Å². The van der Waals surface area contributed by atoms with Crippen molar-refractivity contribution < 1.29 is 19.1 Å². The third kappa shape index (κ3) is 9.04. The number of terminal acetylenes is 1. The van der Waals surface area contributed by atoms with Crippen molar-refractivity contribution in [2.45, 2.75) is 79.0 Å². The first-order chi connectivity index (χ1) is 18.3. The van der Waals surface area contributed by atoms with Crippen LogP contribution in [-0.2, 0) is 14.3 Å². The summed E-state index contributed by atoms with van der Waals surface area (Å²) in [4.78, 5) is 42.4. The fourth-order valence-electron chi connectivity index (χ4n) is 4.25. The highest BCUT2D eigenvalue weighted by Gasteiger charge is 2.37. The number of amides is 3. The smallest absolute Gasteiger partial charge is 0.408 e. The molecular formula is C31H40ClN3O4. The number of anilines is 1. The lowest BCUT2D eigenvalue weighted by Crippen LogP contribution is -2.53. The summed E-state index contributed by atoms with van der Waals surface area (Å²) in [5, 5.41) is 6.05. The SMILES string of the molecule is C#Cc1ccccc1C(C(=O)Nc1c(C)cccc1Cl)N(CCC)C(=O)C(CC(C)C)NC(=O)OC(C)(C)C. The van der Waals surface area contributed by atoms with Crippen LogP contribution in [0.1, 0.15) is 77.1 Å². The molecule has 7 nitrogen and oxygen atoms in total. The Morgan fingerprint density at radius 2 is 1.77 bits per heavy atom. The maximum absolute atomic E-state index is 14.2. The van der Waals surface area contributed by atoms with Gasteiger partial charge in [0.1, 0.15) is 17.7 Å². The van der Waals surface area contributed by atoms with E-state index >= 15 is 0 Å². The van der Waals surface area contributed by atoms with E-state index in [1.54, 1.807) is 57.2 Å². The zero-order valence-electron chi connectivity index (χ0n) is 23.9. The first kappa shape index (κ1) is 31.7. The molecule has 2 aromatic carbocycles. The first-order valence-electron chi connectivity index (χ1n) is 13.2. The van der Waals surface area contributed by atoms with Crippen LogP contribution in [-0.4, -0.2) is 41.0 Å². The molecule has 2 atom stereocenters. The Balaban J connectivity index is 2.60. The molecule has 8 heteroatoms. The van der Waals surface area contributed by atoms with Gasteiger partial charge in [0.15, 0.2) is 0 Å². The molecule has 2 N–H and O–H groups in total. The van der Waals surface area contributed by atoms with E-state index in [2.05, 4.69) is 16.6 Å². The summed E-state index contributed by atoms with van der Waals surface area (Å²) >= 11 is 6.41. The van der Waals surface area contributed by atoms with Crippen LogP contribution in [0.25, 0.3) is 0 Å². The number of aryl methyl sites for hydroxylation is 1. The minimum Gasteiger partial charge on any atom is -0.444 e. The number of hydrogen-bond acceptors (Lipinski definition) is 4. The summed E-state index contributed by atoms with van der Waals surface area (Å²) in [7, 11) is 0. The topological polar surface area (TPSA) is 87.7 Å². The summed E-state index contributed by atoms with van der Waals surface area (Å²) < 4.78 is 5.43. The van der Waals surface area contributed by atoms with E-state index in [1.165, 1.54) is 4.90 Å². The van der Waals surface area contributed by atoms with Crippen molar-refractivity contribution >= 4 is 35.2 Å². The summed E-state index contributed by atoms with van der Waals surface area (Å²) in [6.45, 7) is 13.2. The molecule has 0 saturated heterocycles. The highest BCUT2D eigenvalue weighted by molar-refractivity contribution is 6.34. The lowest BCUT2D eigenvalue weighted by atomic mass is 9.96. The third-order valence-corrected chi connectivity index (χ3v) is 6.20. The average molecular weight is 554 g/mol. The first-order valence-corrected chi connectivity index (χ1v) is 13.6. The van der Waals surface area contributed by atoms with Gasteiger partial charge in [0.25, 0.3) is 5.91 Å². The number of benzene rings is 2. The van der Waals surface area contributed by atoms with Crippen LogP contribution in [0.2, 0.25) is 5.02 Å². The molecular weight excluding hydrogens is 514 g/mol. The number of carbonyl (C=O) groups is 3. The largest absolute Gasteiger partial charge is 0.444 e. The minimum absolute atomic E-state index is 0.0772. The van der Waals surface area contributed by atoms with E-state index in [9.17, 15) is 14.4 Å². The number of rotatable bonds is 10. The Labute approximate surface area is 237 Å². The number of para-hydroxylation sites is 1. The van der Waals surface area contributed by atoms with E-state index in [0.29, 0.717) is 34.7 Å². The van der Waals surface area contributed by atoms with Crippen LogP contribution in [0.15, 0.2) is 42.5 Å². The van der Waals surface area contributed by atoms with Crippen LogP contribution < -0.4 is 10.6 Å². The molecule has 0 aromatic heterocycles. The molecule has 0 spiro atoms. The molecule has 2 rings (SSSR count). The predicted molar refractivity (Wildman–Crippen MR) is 157 cm³/mol. The van der Waals surface area contributed by atoms with Crippen molar-refractivity contribution in [1.82, 2.24) is 10.2 Å². The van der Waals surface area contributed by atoms with Crippen LogP contribution >= 0.6 is 11.6 Å². The number of carbonyl (C=O) groups excluding carboxylic acids is 3. The van der Waals surface area contributed by atoms with Gasteiger partial charge in [-0.05, 0) is 69.7 Å². The second kappa shape index (κ2) is 14.0. The Morgan fingerprint density at radius 1 is 1.10 bits per heavy atom. The van der Waals surface area contributed by atoms with E-state index in [4.69, 9.17) is 22.8 Å². The molecule has 0 heterocycles. The van der Waals surface area contributed by atoms with Crippen LogP contribution in [0.3, 0.4) is 0 Å². The van der Waals surface area contributed by atoms with Crippen LogP contribution in [0, 0.1) is 25.2 Å². The zero-order valence-corrected chi connectivity index (χ0v) is 24.7. The van der Waals surface area contributed by atoms with Crippen molar-refractivity contribution in [2.75, 3.05) is 11.9 Å². The maximum Gasteiger partial charge on any atom is 0.408 e. The minimum atomic E-state index is -1.07. The number of ether oxygens (including phenoxy) is 1. The third-order valence-electron chi connectivity index (χ3n) is 5.88. The van der Waals surface area contributed by atoms with Crippen LogP contribution in [0.4, 0.5) is 10.5 Å². The van der Waals surface area contributed by atoms with Crippen molar-refractivity contribution in [1.29, 1.82) is 0 Å². The van der Waals surface area contributed by atoms with E-state index < -0.39 is 35.6 Å². The van der Waals surface area contributed by atoms with Crippen molar-refractivity contribution in [3.8, 4) is 12.3 Å². The number of nitrogens with zero attached hydrogens (tertiary/aromatic N) is 1. The highest BCUT2D eigenvalue weighted by atomic mass is 35.5. The van der Waals surface area contributed by atoms with Gasteiger partial charge in [-0.25, -0.2) is 4.79 Å². The van der Waals surface area contributed by atoms with Gasteiger partial charge in [0.05, 0.1) is 10.7 Å². The van der Waals surface area contributed by atoms with Gasteiger partial charge < -0.3 is 20.3 Å². The molecule has 0 aliphatic heterocycles. The number of nitrogens with one attached hydrogen (secondary N) is 2. The molecule has 0 radical (unpaired) electrons. The van der Waals surface area contributed by atoms with E-state index in [1.807, 2.05) is 33.8 Å². The lowest BCUT2D eigenvalue weighted by Gasteiger charge is -2.35.